The number of carbonyl (C=O) groups excluding carboxylic acids is 2. The molecule has 1 rings (SSSR count). The van der Waals surface area contributed by atoms with Crippen molar-refractivity contribution in [2.24, 2.45) is 5.92 Å². The third kappa shape index (κ3) is 6.64. The van der Waals surface area contributed by atoms with Crippen LogP contribution in [0.3, 0.4) is 0 Å². The summed E-state index contributed by atoms with van der Waals surface area (Å²) in [5.74, 6) is -0.186. The predicted octanol–water partition coefficient (Wildman–Crippen LogP) is 2.57. The summed E-state index contributed by atoms with van der Waals surface area (Å²) < 4.78 is 9.97. The van der Waals surface area contributed by atoms with E-state index in [2.05, 4.69) is 5.32 Å². The van der Waals surface area contributed by atoms with E-state index in [0.717, 1.165) is 0 Å². The molecule has 1 heterocycles. The molecular formula is C16H28N2O6. The second-order valence-corrected chi connectivity index (χ2v) is 7.34. The van der Waals surface area contributed by atoms with Gasteiger partial charge in [0, 0.05) is 13.0 Å². The lowest BCUT2D eigenvalue weighted by atomic mass is 10.0. The van der Waals surface area contributed by atoms with Crippen LogP contribution in [0.25, 0.3) is 0 Å². The summed E-state index contributed by atoms with van der Waals surface area (Å²) in [5, 5.41) is 11.4. The van der Waals surface area contributed by atoms with Gasteiger partial charge in [0.15, 0.2) is 6.23 Å². The van der Waals surface area contributed by atoms with Gasteiger partial charge in [0.2, 0.25) is 5.91 Å². The Hall–Kier alpha value is -1.99. The molecular weight excluding hydrogens is 316 g/mol. The first-order chi connectivity index (χ1) is 11.0. The zero-order valence-corrected chi connectivity index (χ0v) is 15.0. The number of nitrogens with one attached hydrogen (secondary N) is 1. The van der Waals surface area contributed by atoms with Gasteiger partial charge in [-0.3, -0.25) is 4.79 Å². The van der Waals surface area contributed by atoms with E-state index in [9.17, 15) is 14.4 Å². The Morgan fingerprint density at radius 3 is 2.42 bits per heavy atom. The lowest BCUT2D eigenvalue weighted by Crippen LogP contribution is -2.52. The van der Waals surface area contributed by atoms with Crippen LogP contribution < -0.4 is 5.32 Å². The third-order valence-corrected chi connectivity index (χ3v) is 3.41. The molecule has 0 aromatic rings. The van der Waals surface area contributed by atoms with Gasteiger partial charge in [-0.05, 0) is 39.5 Å². The predicted molar refractivity (Wildman–Crippen MR) is 86.5 cm³/mol. The van der Waals surface area contributed by atoms with Crippen molar-refractivity contribution in [2.45, 2.75) is 71.8 Å². The van der Waals surface area contributed by atoms with Gasteiger partial charge in [0.05, 0.1) is 0 Å². The van der Waals surface area contributed by atoms with Crippen LogP contribution >= 0.6 is 0 Å². The summed E-state index contributed by atoms with van der Waals surface area (Å²) in [6, 6.07) is -0.780. The number of alkyl carbamates (subject to hydrolysis) is 1. The standard InChI is InChI=1S/C16H28N2O6/c1-10(2)9-11(17-14(20)24-16(3,4)5)13(19)18-8-6-7-12(18)23-15(21)22/h10-12H,6-9H2,1-5H3,(H,17,20)(H,21,22). The lowest BCUT2D eigenvalue weighted by molar-refractivity contribution is -0.141. The molecule has 1 aliphatic rings. The van der Waals surface area contributed by atoms with Crippen LogP contribution in [0.15, 0.2) is 0 Å². The largest absolute Gasteiger partial charge is 0.507 e. The normalized spacial score (nSPS) is 19.1. The SMILES string of the molecule is CC(C)CC(NC(=O)OC(C)(C)C)C(=O)N1CCCC1OC(=O)O. The fourth-order valence-corrected chi connectivity index (χ4v) is 2.57. The molecule has 2 unspecified atom stereocenters. The fourth-order valence-electron chi connectivity index (χ4n) is 2.57. The molecule has 24 heavy (non-hydrogen) atoms. The number of nitrogens with zero attached hydrogens (tertiary/aromatic N) is 1. The Morgan fingerprint density at radius 1 is 1.29 bits per heavy atom. The van der Waals surface area contributed by atoms with Gasteiger partial charge in [0.1, 0.15) is 11.6 Å². The molecule has 0 aliphatic carbocycles. The van der Waals surface area contributed by atoms with Gasteiger partial charge in [-0.15, -0.1) is 0 Å². The Kier molecular flexibility index (Phi) is 6.86. The highest BCUT2D eigenvalue weighted by Crippen LogP contribution is 2.21. The van der Waals surface area contributed by atoms with Crippen molar-refractivity contribution in [2.75, 3.05) is 6.54 Å². The zero-order valence-electron chi connectivity index (χ0n) is 15.0. The van der Waals surface area contributed by atoms with Crippen molar-refractivity contribution in [1.82, 2.24) is 10.2 Å². The summed E-state index contributed by atoms with van der Waals surface area (Å²) in [6.07, 6.45) is -1.35. The topological polar surface area (TPSA) is 105 Å². The van der Waals surface area contributed by atoms with Gasteiger partial charge in [-0.2, -0.15) is 0 Å². The fraction of sp³-hybridized carbons (Fsp3) is 0.812. The molecule has 1 saturated heterocycles. The highest BCUT2D eigenvalue weighted by Gasteiger charge is 2.36. The maximum absolute atomic E-state index is 12.8. The lowest BCUT2D eigenvalue weighted by Gasteiger charge is -2.29. The molecule has 2 N–H and O–H groups in total. The summed E-state index contributed by atoms with van der Waals surface area (Å²) in [7, 11) is 0. The maximum Gasteiger partial charge on any atom is 0.507 e. The van der Waals surface area contributed by atoms with Crippen LogP contribution in [-0.4, -0.2) is 52.6 Å². The van der Waals surface area contributed by atoms with Crippen LogP contribution in [0.5, 0.6) is 0 Å². The minimum Gasteiger partial charge on any atom is -0.450 e. The van der Waals surface area contributed by atoms with Gasteiger partial charge in [-0.1, -0.05) is 13.8 Å². The molecule has 2 amide bonds. The van der Waals surface area contributed by atoms with E-state index in [0.29, 0.717) is 25.8 Å². The molecule has 1 aliphatic heterocycles. The first-order valence-electron chi connectivity index (χ1n) is 8.19. The summed E-state index contributed by atoms with van der Waals surface area (Å²) >= 11 is 0. The van der Waals surface area contributed by atoms with E-state index in [4.69, 9.17) is 14.6 Å². The average molecular weight is 344 g/mol. The second kappa shape index (κ2) is 8.21. The number of amides is 2. The van der Waals surface area contributed by atoms with Crippen LogP contribution in [0, 0.1) is 5.92 Å². The summed E-state index contributed by atoms with van der Waals surface area (Å²) in [4.78, 5) is 36.9. The maximum atomic E-state index is 12.8. The molecule has 2 atom stereocenters. The van der Waals surface area contributed by atoms with Crippen molar-refractivity contribution < 1.29 is 29.0 Å². The minimum absolute atomic E-state index is 0.162. The molecule has 0 radical (unpaired) electrons. The van der Waals surface area contributed by atoms with E-state index in [1.807, 2.05) is 13.8 Å². The molecule has 0 aromatic carbocycles. The van der Waals surface area contributed by atoms with Crippen molar-refractivity contribution >= 4 is 18.2 Å². The molecule has 8 nitrogen and oxygen atoms in total. The Balaban J connectivity index is 2.80. The zero-order chi connectivity index (χ0) is 18.5. The Morgan fingerprint density at radius 2 is 1.92 bits per heavy atom. The highest BCUT2D eigenvalue weighted by molar-refractivity contribution is 5.86. The quantitative estimate of drug-likeness (QED) is 0.743. The van der Waals surface area contributed by atoms with Gasteiger partial charge < -0.3 is 24.8 Å². The average Bonchev–Trinajstić information content (AvgIpc) is 2.81. The molecule has 0 spiro atoms. The van der Waals surface area contributed by atoms with Crippen LogP contribution in [0.1, 0.15) is 53.9 Å². The number of likely N-dealkylation sites (tertiary alicyclic amines) is 1. The van der Waals surface area contributed by atoms with E-state index < -0.39 is 30.1 Å². The number of hydrogen-bond donors (Lipinski definition) is 2. The summed E-state index contributed by atoms with van der Waals surface area (Å²) in [5.41, 5.74) is -0.669. The third-order valence-electron chi connectivity index (χ3n) is 3.41. The molecule has 0 saturated carbocycles. The van der Waals surface area contributed by atoms with Crippen LogP contribution in [-0.2, 0) is 14.3 Å². The van der Waals surface area contributed by atoms with Crippen molar-refractivity contribution in [3.05, 3.63) is 0 Å². The van der Waals surface area contributed by atoms with E-state index >= 15 is 0 Å². The van der Waals surface area contributed by atoms with Gasteiger partial charge >= 0.3 is 12.2 Å². The molecule has 8 heteroatoms. The number of carbonyl (C=O) groups is 3. The second-order valence-electron chi connectivity index (χ2n) is 7.34. The Bertz CT molecular complexity index is 472. The molecule has 138 valence electrons. The smallest absolute Gasteiger partial charge is 0.450 e. The van der Waals surface area contributed by atoms with E-state index in [1.54, 1.807) is 20.8 Å². The van der Waals surface area contributed by atoms with Crippen LogP contribution in [0.4, 0.5) is 9.59 Å². The van der Waals surface area contributed by atoms with Gasteiger partial charge in [-0.25, -0.2) is 9.59 Å². The molecule has 0 aromatic heterocycles. The summed E-state index contributed by atoms with van der Waals surface area (Å²) in [6.45, 7) is 9.50. The minimum atomic E-state index is -1.42. The highest BCUT2D eigenvalue weighted by atomic mass is 16.7. The van der Waals surface area contributed by atoms with Gasteiger partial charge in [0.25, 0.3) is 0 Å². The molecule has 0 bridgehead atoms. The Labute approximate surface area is 142 Å². The first kappa shape index (κ1) is 20.1. The van der Waals surface area contributed by atoms with Crippen molar-refractivity contribution in [3.63, 3.8) is 0 Å². The first-order valence-corrected chi connectivity index (χ1v) is 8.19. The van der Waals surface area contributed by atoms with Crippen molar-refractivity contribution in [1.29, 1.82) is 0 Å². The van der Waals surface area contributed by atoms with E-state index in [1.165, 1.54) is 4.90 Å². The number of carboxylic acid groups (broad SMARTS) is 1. The molecule has 1 fully saturated rings. The number of ether oxygens (including phenoxy) is 2. The van der Waals surface area contributed by atoms with E-state index in [-0.39, 0.29) is 11.8 Å². The van der Waals surface area contributed by atoms with Crippen LogP contribution in [0.2, 0.25) is 0 Å². The number of rotatable bonds is 5. The monoisotopic (exact) mass is 344 g/mol. The van der Waals surface area contributed by atoms with Crippen molar-refractivity contribution in [3.8, 4) is 0 Å². The number of hydrogen-bond acceptors (Lipinski definition) is 5.